The van der Waals surface area contributed by atoms with Gasteiger partial charge in [-0.15, -0.1) is 22.7 Å². The summed E-state index contributed by atoms with van der Waals surface area (Å²) >= 11 is 8.50. The first kappa shape index (κ1) is 22.2. The zero-order chi connectivity index (χ0) is 21.3. The summed E-state index contributed by atoms with van der Waals surface area (Å²) in [7, 11) is -3.54. The van der Waals surface area contributed by atoms with E-state index in [0.29, 0.717) is 35.4 Å². The highest BCUT2D eigenvalue weighted by atomic mass is 35.5. The van der Waals surface area contributed by atoms with E-state index in [9.17, 15) is 13.2 Å². The molecule has 4 heterocycles. The molecule has 30 heavy (non-hydrogen) atoms. The van der Waals surface area contributed by atoms with Gasteiger partial charge in [0.25, 0.3) is 10.0 Å². The number of fused-ring (bicyclic) bond motifs is 1. The number of rotatable bonds is 6. The molecular formula is C19H25ClN4O3S3. The van der Waals surface area contributed by atoms with Gasteiger partial charge in [-0.1, -0.05) is 18.5 Å². The number of halogens is 1. The first-order valence-electron chi connectivity index (χ1n) is 10.1. The standard InChI is InChI=1S/C19H25ClN4O3S3/c1-2-8-23-9-7-14-15(12-23)28-19(21-14)22-18(25)13-5-10-24(11-6-13)30(26,27)17-4-3-16(20)29-17/h3-4,13H,2,5-12H2,1H3,(H,21,22,25). The van der Waals surface area contributed by atoms with Crippen molar-refractivity contribution < 1.29 is 13.2 Å². The molecule has 2 aliphatic heterocycles. The van der Waals surface area contributed by atoms with Gasteiger partial charge in [-0.05, 0) is 37.9 Å². The second-order valence-corrected chi connectivity index (χ2v) is 12.6. The van der Waals surface area contributed by atoms with E-state index in [1.54, 1.807) is 17.4 Å². The summed E-state index contributed by atoms with van der Waals surface area (Å²) < 4.78 is 27.6. The molecule has 164 valence electrons. The average Bonchev–Trinajstić information content (AvgIpc) is 3.34. The summed E-state index contributed by atoms with van der Waals surface area (Å²) in [6.45, 7) is 5.84. The number of aromatic nitrogens is 1. The third-order valence-electron chi connectivity index (χ3n) is 5.55. The number of anilines is 1. The molecule has 1 amide bonds. The van der Waals surface area contributed by atoms with E-state index < -0.39 is 10.0 Å². The Kier molecular flexibility index (Phi) is 6.81. The highest BCUT2D eigenvalue weighted by Crippen LogP contribution is 2.32. The molecule has 0 aromatic carbocycles. The van der Waals surface area contributed by atoms with Gasteiger partial charge in [0.05, 0.1) is 10.0 Å². The molecule has 0 bridgehead atoms. The molecule has 0 unspecified atom stereocenters. The SMILES string of the molecule is CCCN1CCc2nc(NC(=O)C3CCN(S(=O)(=O)c4ccc(Cl)s4)CC3)sc2C1. The maximum atomic E-state index is 12.7. The zero-order valence-electron chi connectivity index (χ0n) is 16.8. The summed E-state index contributed by atoms with van der Waals surface area (Å²) in [4.78, 5) is 21.0. The predicted octanol–water partition coefficient (Wildman–Crippen LogP) is 3.67. The number of piperidine rings is 1. The van der Waals surface area contributed by atoms with Gasteiger partial charge < -0.3 is 5.32 Å². The third kappa shape index (κ3) is 4.73. The van der Waals surface area contributed by atoms with E-state index in [4.69, 9.17) is 11.6 Å². The fourth-order valence-corrected chi connectivity index (χ4v) is 8.10. The van der Waals surface area contributed by atoms with Gasteiger partial charge in [-0.2, -0.15) is 4.31 Å². The van der Waals surface area contributed by atoms with Crippen LogP contribution in [0.1, 0.15) is 36.8 Å². The van der Waals surface area contributed by atoms with Gasteiger partial charge in [-0.25, -0.2) is 13.4 Å². The van der Waals surface area contributed by atoms with Crippen LogP contribution in [0.5, 0.6) is 0 Å². The Morgan fingerprint density at radius 3 is 2.70 bits per heavy atom. The molecule has 4 rings (SSSR count). The summed E-state index contributed by atoms with van der Waals surface area (Å²) in [6, 6.07) is 3.13. The van der Waals surface area contributed by atoms with E-state index in [0.717, 1.165) is 49.5 Å². The Morgan fingerprint density at radius 2 is 2.03 bits per heavy atom. The van der Waals surface area contributed by atoms with E-state index >= 15 is 0 Å². The number of hydrogen-bond donors (Lipinski definition) is 1. The molecule has 11 heteroatoms. The van der Waals surface area contributed by atoms with Crippen molar-refractivity contribution in [3.8, 4) is 0 Å². The lowest BCUT2D eigenvalue weighted by molar-refractivity contribution is -0.120. The molecule has 2 aliphatic rings. The lowest BCUT2D eigenvalue weighted by atomic mass is 9.97. The molecule has 1 N–H and O–H groups in total. The molecule has 0 spiro atoms. The van der Waals surface area contributed by atoms with Gasteiger partial charge in [0.15, 0.2) is 5.13 Å². The van der Waals surface area contributed by atoms with Gasteiger partial charge in [0, 0.05) is 43.4 Å². The summed E-state index contributed by atoms with van der Waals surface area (Å²) in [6.07, 6.45) is 3.05. The molecule has 0 aliphatic carbocycles. The molecule has 2 aromatic heterocycles. The number of thiazole rings is 1. The number of carbonyl (C=O) groups excluding carboxylic acids is 1. The number of thiophene rings is 1. The largest absolute Gasteiger partial charge is 0.302 e. The lowest BCUT2D eigenvalue weighted by Crippen LogP contribution is -2.41. The van der Waals surface area contributed by atoms with E-state index in [-0.39, 0.29) is 16.0 Å². The number of nitrogens with zero attached hydrogens (tertiary/aromatic N) is 3. The number of hydrogen-bond acceptors (Lipinski definition) is 7. The van der Waals surface area contributed by atoms with Crippen molar-refractivity contribution in [3.05, 3.63) is 27.0 Å². The average molecular weight is 489 g/mol. The first-order valence-corrected chi connectivity index (χ1v) is 13.6. The van der Waals surface area contributed by atoms with Crippen molar-refractivity contribution >= 4 is 55.3 Å². The van der Waals surface area contributed by atoms with E-state index in [1.807, 2.05) is 0 Å². The summed E-state index contributed by atoms with van der Waals surface area (Å²) in [5.74, 6) is -0.274. The van der Waals surface area contributed by atoms with Crippen LogP contribution >= 0.6 is 34.3 Å². The zero-order valence-corrected chi connectivity index (χ0v) is 20.0. The molecule has 1 fully saturated rings. The van der Waals surface area contributed by atoms with Crippen LogP contribution in [0.4, 0.5) is 5.13 Å². The minimum Gasteiger partial charge on any atom is -0.302 e. The molecule has 0 atom stereocenters. The number of nitrogens with one attached hydrogen (secondary N) is 1. The fourth-order valence-electron chi connectivity index (χ4n) is 3.94. The normalized spacial score (nSPS) is 19.0. The fraction of sp³-hybridized carbons (Fsp3) is 0.579. The number of amides is 1. The lowest BCUT2D eigenvalue weighted by Gasteiger charge is -2.29. The molecule has 2 aromatic rings. The van der Waals surface area contributed by atoms with Gasteiger partial charge >= 0.3 is 0 Å². The van der Waals surface area contributed by atoms with Crippen molar-refractivity contribution in [2.45, 2.75) is 43.4 Å². The van der Waals surface area contributed by atoms with Crippen LogP contribution < -0.4 is 5.32 Å². The van der Waals surface area contributed by atoms with Crippen molar-refractivity contribution in [1.29, 1.82) is 0 Å². The highest BCUT2D eigenvalue weighted by Gasteiger charge is 2.33. The topological polar surface area (TPSA) is 82.6 Å². The van der Waals surface area contributed by atoms with Crippen LogP contribution in [0.3, 0.4) is 0 Å². The van der Waals surface area contributed by atoms with Crippen molar-refractivity contribution in [3.63, 3.8) is 0 Å². The first-order chi connectivity index (χ1) is 14.4. The number of carbonyl (C=O) groups is 1. The molecule has 1 saturated heterocycles. The third-order valence-corrected chi connectivity index (χ3v) is 10.1. The molecular weight excluding hydrogens is 464 g/mol. The molecule has 0 radical (unpaired) electrons. The highest BCUT2D eigenvalue weighted by molar-refractivity contribution is 7.91. The van der Waals surface area contributed by atoms with Crippen LogP contribution in [-0.4, -0.2) is 54.7 Å². The molecule has 0 saturated carbocycles. The van der Waals surface area contributed by atoms with Crippen LogP contribution in [0.25, 0.3) is 0 Å². The summed E-state index contributed by atoms with van der Waals surface area (Å²) in [5.41, 5.74) is 1.10. The maximum Gasteiger partial charge on any atom is 0.252 e. The Labute approximate surface area is 190 Å². The Bertz CT molecular complexity index is 1010. The monoisotopic (exact) mass is 488 g/mol. The quantitative estimate of drug-likeness (QED) is 0.670. The van der Waals surface area contributed by atoms with Crippen LogP contribution in [0.15, 0.2) is 16.3 Å². The second kappa shape index (κ2) is 9.22. The Balaban J connectivity index is 1.33. The minimum atomic E-state index is -3.54. The van der Waals surface area contributed by atoms with E-state index in [2.05, 4.69) is 22.1 Å². The number of sulfonamides is 1. The second-order valence-electron chi connectivity index (χ2n) is 7.64. The van der Waals surface area contributed by atoms with Crippen molar-refractivity contribution in [1.82, 2.24) is 14.2 Å². The maximum absolute atomic E-state index is 12.7. The predicted molar refractivity (Wildman–Crippen MR) is 121 cm³/mol. The van der Waals surface area contributed by atoms with Crippen LogP contribution in [0, 0.1) is 5.92 Å². The van der Waals surface area contributed by atoms with Crippen molar-refractivity contribution in [2.24, 2.45) is 5.92 Å². The van der Waals surface area contributed by atoms with Gasteiger partial charge in [0.1, 0.15) is 4.21 Å². The van der Waals surface area contributed by atoms with Crippen LogP contribution in [0.2, 0.25) is 4.34 Å². The van der Waals surface area contributed by atoms with Gasteiger partial charge in [-0.3, -0.25) is 9.69 Å². The minimum absolute atomic E-state index is 0.0669. The smallest absolute Gasteiger partial charge is 0.252 e. The van der Waals surface area contributed by atoms with E-state index in [1.165, 1.54) is 15.2 Å². The summed E-state index contributed by atoms with van der Waals surface area (Å²) in [5, 5.41) is 3.63. The Morgan fingerprint density at radius 1 is 1.27 bits per heavy atom. The van der Waals surface area contributed by atoms with Crippen LogP contribution in [-0.2, 0) is 27.8 Å². The molecule has 7 nitrogen and oxygen atoms in total. The Hall–Kier alpha value is -1.04. The van der Waals surface area contributed by atoms with Crippen molar-refractivity contribution in [2.75, 3.05) is 31.5 Å². The van der Waals surface area contributed by atoms with Gasteiger partial charge in [0.2, 0.25) is 5.91 Å².